The van der Waals surface area contributed by atoms with E-state index in [4.69, 9.17) is 9.47 Å². The molecular weight excluding hydrogens is 272 g/mol. The number of methoxy groups -OCH3 is 2. The van der Waals surface area contributed by atoms with Crippen LogP contribution in [-0.2, 0) is 19.1 Å². The number of carbonyl (C=O) groups is 2. The van der Waals surface area contributed by atoms with E-state index in [0.717, 1.165) is 12.0 Å². The second-order valence-corrected chi connectivity index (χ2v) is 5.02. The Balaban J connectivity index is 2.41. The van der Waals surface area contributed by atoms with E-state index in [9.17, 15) is 9.59 Å². The quantitative estimate of drug-likeness (QED) is 0.680. The fraction of sp³-hybridized carbons (Fsp3) is 0.600. The fourth-order valence-electron chi connectivity index (χ4n) is 2.09. The molecule has 0 saturated carbocycles. The Labute approximate surface area is 125 Å². The third kappa shape index (κ3) is 6.55. The van der Waals surface area contributed by atoms with Gasteiger partial charge in [0.25, 0.3) is 0 Å². The minimum absolute atomic E-state index is 0.149. The number of allylic oxidation sites excluding steroid dienone is 1. The van der Waals surface area contributed by atoms with Crippen molar-refractivity contribution in [1.82, 2.24) is 10.6 Å². The van der Waals surface area contributed by atoms with Crippen LogP contribution in [0.3, 0.4) is 0 Å². The molecule has 1 aliphatic carbocycles. The molecule has 0 radical (unpaired) electrons. The van der Waals surface area contributed by atoms with E-state index in [1.54, 1.807) is 7.11 Å². The molecule has 0 aromatic heterocycles. The zero-order valence-electron chi connectivity index (χ0n) is 12.8. The lowest BCUT2D eigenvalue weighted by molar-refractivity contribution is -0.129. The van der Waals surface area contributed by atoms with Crippen molar-refractivity contribution in [3.63, 3.8) is 0 Å². The van der Waals surface area contributed by atoms with Gasteiger partial charge in [0.2, 0.25) is 11.8 Å². The predicted molar refractivity (Wildman–Crippen MR) is 79.7 cm³/mol. The summed E-state index contributed by atoms with van der Waals surface area (Å²) in [4.78, 5) is 23.1. The number of rotatable bonds is 8. The molecule has 21 heavy (non-hydrogen) atoms. The molecule has 2 atom stereocenters. The topological polar surface area (TPSA) is 76.7 Å². The van der Waals surface area contributed by atoms with Gasteiger partial charge in [-0.1, -0.05) is 18.2 Å². The number of carbonyl (C=O) groups excluding carboxylic acids is 2. The van der Waals surface area contributed by atoms with Crippen LogP contribution in [0.25, 0.3) is 0 Å². The van der Waals surface area contributed by atoms with Crippen molar-refractivity contribution in [3.05, 3.63) is 23.8 Å². The Kier molecular flexibility index (Phi) is 7.71. The number of amides is 2. The van der Waals surface area contributed by atoms with E-state index in [2.05, 4.69) is 22.8 Å². The third-order valence-electron chi connectivity index (χ3n) is 3.14. The Morgan fingerprint density at radius 3 is 2.67 bits per heavy atom. The van der Waals surface area contributed by atoms with Crippen molar-refractivity contribution in [1.29, 1.82) is 0 Å². The zero-order valence-corrected chi connectivity index (χ0v) is 12.8. The summed E-state index contributed by atoms with van der Waals surface area (Å²) < 4.78 is 10.0. The third-order valence-corrected chi connectivity index (χ3v) is 3.14. The van der Waals surface area contributed by atoms with Gasteiger partial charge in [0, 0.05) is 33.6 Å². The monoisotopic (exact) mass is 296 g/mol. The van der Waals surface area contributed by atoms with Crippen LogP contribution in [0, 0.1) is 5.92 Å². The minimum Gasteiger partial charge on any atom is -0.384 e. The molecule has 0 fully saturated rings. The standard InChI is InChI=1S/C15H24N2O4/c1-11(18)17-14(10-21-3)15(19)16-8-12-4-6-13(7-5-12)9-20-2/h4-6,13-14H,7-10H2,1-3H3,(H,16,19)(H,17,18). The highest BCUT2D eigenvalue weighted by Crippen LogP contribution is 2.15. The molecule has 0 heterocycles. The first-order valence-corrected chi connectivity index (χ1v) is 6.96. The van der Waals surface area contributed by atoms with E-state index in [-0.39, 0.29) is 18.4 Å². The molecule has 6 nitrogen and oxygen atoms in total. The molecule has 2 unspecified atom stereocenters. The second-order valence-electron chi connectivity index (χ2n) is 5.02. The van der Waals surface area contributed by atoms with Crippen molar-refractivity contribution >= 4 is 11.8 Å². The molecule has 2 amide bonds. The smallest absolute Gasteiger partial charge is 0.245 e. The van der Waals surface area contributed by atoms with Crippen LogP contribution in [0.2, 0.25) is 0 Å². The summed E-state index contributed by atoms with van der Waals surface area (Å²) in [6, 6.07) is -0.665. The Morgan fingerprint density at radius 1 is 1.38 bits per heavy atom. The minimum atomic E-state index is -0.665. The van der Waals surface area contributed by atoms with Crippen LogP contribution in [0.1, 0.15) is 13.3 Å². The van der Waals surface area contributed by atoms with Gasteiger partial charge in [0.05, 0.1) is 13.2 Å². The van der Waals surface area contributed by atoms with Gasteiger partial charge in [-0.2, -0.15) is 0 Å². The van der Waals surface area contributed by atoms with Crippen LogP contribution in [-0.4, -0.2) is 51.8 Å². The SMILES string of the molecule is COCC1C=CC(CNC(=O)C(COC)NC(C)=O)=CC1. The first-order valence-electron chi connectivity index (χ1n) is 6.96. The van der Waals surface area contributed by atoms with Crippen molar-refractivity contribution < 1.29 is 19.1 Å². The molecule has 1 rings (SSSR count). The maximum Gasteiger partial charge on any atom is 0.245 e. The van der Waals surface area contributed by atoms with Crippen molar-refractivity contribution in [2.45, 2.75) is 19.4 Å². The maximum atomic E-state index is 12.0. The molecule has 0 aromatic carbocycles. The summed E-state index contributed by atoms with van der Waals surface area (Å²) in [6.45, 7) is 2.66. The van der Waals surface area contributed by atoms with E-state index >= 15 is 0 Å². The predicted octanol–water partition coefficient (Wildman–Crippen LogP) is 0.403. The van der Waals surface area contributed by atoms with Crippen molar-refractivity contribution in [2.75, 3.05) is 34.0 Å². The van der Waals surface area contributed by atoms with E-state index < -0.39 is 6.04 Å². The number of hydrogen-bond acceptors (Lipinski definition) is 4. The second kappa shape index (κ2) is 9.31. The summed E-state index contributed by atoms with van der Waals surface area (Å²) >= 11 is 0. The van der Waals surface area contributed by atoms with Gasteiger partial charge in [-0.15, -0.1) is 0 Å². The van der Waals surface area contributed by atoms with E-state index in [1.807, 2.05) is 6.08 Å². The molecule has 2 N–H and O–H groups in total. The molecule has 0 aromatic rings. The molecule has 0 saturated heterocycles. The van der Waals surface area contributed by atoms with Gasteiger partial charge in [-0.25, -0.2) is 0 Å². The molecule has 1 aliphatic rings. The van der Waals surface area contributed by atoms with Crippen LogP contribution in [0.15, 0.2) is 23.8 Å². The summed E-state index contributed by atoms with van der Waals surface area (Å²) in [7, 11) is 3.18. The van der Waals surface area contributed by atoms with Gasteiger partial charge in [-0.05, 0) is 12.0 Å². The van der Waals surface area contributed by atoms with Gasteiger partial charge in [0.15, 0.2) is 0 Å². The van der Waals surface area contributed by atoms with E-state index in [0.29, 0.717) is 19.1 Å². The average Bonchev–Trinajstić information content (AvgIpc) is 2.45. The van der Waals surface area contributed by atoms with Crippen LogP contribution >= 0.6 is 0 Å². The Bertz CT molecular complexity index is 418. The highest BCUT2D eigenvalue weighted by atomic mass is 16.5. The highest BCUT2D eigenvalue weighted by Gasteiger charge is 2.19. The van der Waals surface area contributed by atoms with Crippen molar-refractivity contribution in [2.24, 2.45) is 5.92 Å². The zero-order chi connectivity index (χ0) is 15.7. The molecule has 6 heteroatoms. The lowest BCUT2D eigenvalue weighted by atomic mass is 9.97. The number of ether oxygens (including phenoxy) is 2. The fourth-order valence-corrected chi connectivity index (χ4v) is 2.09. The summed E-state index contributed by atoms with van der Waals surface area (Å²) in [6.07, 6.45) is 7.08. The molecule has 0 bridgehead atoms. The Morgan fingerprint density at radius 2 is 2.14 bits per heavy atom. The normalized spacial score (nSPS) is 18.8. The van der Waals surface area contributed by atoms with Gasteiger partial charge < -0.3 is 20.1 Å². The van der Waals surface area contributed by atoms with Gasteiger partial charge >= 0.3 is 0 Å². The lowest BCUT2D eigenvalue weighted by Crippen LogP contribution is -2.49. The van der Waals surface area contributed by atoms with Crippen LogP contribution in [0.4, 0.5) is 0 Å². The number of hydrogen-bond donors (Lipinski definition) is 2. The van der Waals surface area contributed by atoms with Crippen molar-refractivity contribution in [3.8, 4) is 0 Å². The molecule has 0 spiro atoms. The number of nitrogens with one attached hydrogen (secondary N) is 2. The van der Waals surface area contributed by atoms with Crippen LogP contribution < -0.4 is 10.6 Å². The molecular formula is C15H24N2O4. The van der Waals surface area contributed by atoms with Gasteiger partial charge in [0.1, 0.15) is 6.04 Å². The first kappa shape index (κ1) is 17.4. The van der Waals surface area contributed by atoms with Gasteiger partial charge in [-0.3, -0.25) is 9.59 Å². The van der Waals surface area contributed by atoms with E-state index in [1.165, 1.54) is 14.0 Å². The molecule has 0 aliphatic heterocycles. The average molecular weight is 296 g/mol. The largest absolute Gasteiger partial charge is 0.384 e. The molecule has 118 valence electrons. The first-order chi connectivity index (χ1) is 10.1. The van der Waals surface area contributed by atoms with Crippen LogP contribution in [0.5, 0.6) is 0 Å². The lowest BCUT2D eigenvalue weighted by Gasteiger charge is -2.18. The summed E-state index contributed by atoms with van der Waals surface area (Å²) in [5.41, 5.74) is 1.05. The summed E-state index contributed by atoms with van der Waals surface area (Å²) in [5, 5.41) is 5.37. The maximum absolute atomic E-state index is 12.0. The Hall–Kier alpha value is -1.66. The summed E-state index contributed by atoms with van der Waals surface area (Å²) in [5.74, 6) is -0.109. The highest BCUT2D eigenvalue weighted by molar-refractivity contribution is 5.87.